The van der Waals surface area contributed by atoms with E-state index in [2.05, 4.69) is 15.9 Å². The zero-order chi connectivity index (χ0) is 11.8. The van der Waals surface area contributed by atoms with Crippen molar-refractivity contribution in [3.05, 3.63) is 28.2 Å². The molecule has 0 heterocycles. The molecule has 0 amide bonds. The van der Waals surface area contributed by atoms with Crippen molar-refractivity contribution < 1.29 is 10.2 Å². The minimum absolute atomic E-state index is 0.230. The van der Waals surface area contributed by atoms with Gasteiger partial charge in [-0.3, -0.25) is 0 Å². The summed E-state index contributed by atoms with van der Waals surface area (Å²) in [6, 6.07) is 5.40. The van der Waals surface area contributed by atoms with Crippen LogP contribution in [0.3, 0.4) is 0 Å². The summed E-state index contributed by atoms with van der Waals surface area (Å²) in [5.41, 5.74) is 6.59. The molecule has 88 valence electrons. The SMILES string of the molecule is NC1(c2ccc(Br)cc2O)CCC(O)CC1. The van der Waals surface area contributed by atoms with Crippen LogP contribution in [0, 0.1) is 0 Å². The zero-order valence-corrected chi connectivity index (χ0v) is 10.6. The molecular weight excluding hydrogens is 270 g/mol. The lowest BCUT2D eigenvalue weighted by Gasteiger charge is -2.36. The van der Waals surface area contributed by atoms with Crippen LogP contribution in [-0.2, 0) is 5.54 Å². The first-order chi connectivity index (χ1) is 7.51. The molecular formula is C12H16BrNO2. The summed E-state index contributed by atoms with van der Waals surface area (Å²) in [6.45, 7) is 0. The fourth-order valence-electron chi connectivity index (χ4n) is 2.31. The van der Waals surface area contributed by atoms with Crippen molar-refractivity contribution >= 4 is 15.9 Å². The maximum absolute atomic E-state index is 9.90. The Morgan fingerprint density at radius 2 is 1.94 bits per heavy atom. The highest BCUT2D eigenvalue weighted by atomic mass is 79.9. The fourth-order valence-corrected chi connectivity index (χ4v) is 2.66. The van der Waals surface area contributed by atoms with Gasteiger partial charge >= 0.3 is 0 Å². The smallest absolute Gasteiger partial charge is 0.121 e. The molecule has 4 heteroatoms. The van der Waals surface area contributed by atoms with Crippen LogP contribution in [0.1, 0.15) is 31.2 Å². The number of hydrogen-bond donors (Lipinski definition) is 3. The molecule has 0 saturated heterocycles. The Balaban J connectivity index is 2.29. The van der Waals surface area contributed by atoms with Crippen molar-refractivity contribution in [2.75, 3.05) is 0 Å². The van der Waals surface area contributed by atoms with Crippen LogP contribution in [0.15, 0.2) is 22.7 Å². The molecule has 1 fully saturated rings. The number of halogens is 1. The van der Waals surface area contributed by atoms with E-state index in [9.17, 15) is 10.2 Å². The Morgan fingerprint density at radius 1 is 1.31 bits per heavy atom. The second-order valence-corrected chi connectivity index (χ2v) is 5.46. The van der Waals surface area contributed by atoms with E-state index in [4.69, 9.17) is 5.73 Å². The number of aliphatic hydroxyl groups is 1. The Labute approximate surface area is 103 Å². The molecule has 4 N–H and O–H groups in total. The number of aromatic hydroxyl groups is 1. The predicted octanol–water partition coefficient (Wildman–Crippen LogP) is 2.24. The topological polar surface area (TPSA) is 66.5 Å². The molecule has 16 heavy (non-hydrogen) atoms. The Bertz CT molecular complexity index is 387. The highest BCUT2D eigenvalue weighted by molar-refractivity contribution is 9.10. The molecule has 0 spiro atoms. The molecule has 1 aromatic carbocycles. The van der Waals surface area contributed by atoms with E-state index in [1.807, 2.05) is 12.1 Å². The molecule has 0 atom stereocenters. The Morgan fingerprint density at radius 3 is 2.50 bits per heavy atom. The van der Waals surface area contributed by atoms with Crippen molar-refractivity contribution in [1.29, 1.82) is 0 Å². The number of rotatable bonds is 1. The van der Waals surface area contributed by atoms with Gasteiger partial charge in [-0.25, -0.2) is 0 Å². The van der Waals surface area contributed by atoms with Crippen molar-refractivity contribution in [3.63, 3.8) is 0 Å². The van der Waals surface area contributed by atoms with E-state index < -0.39 is 5.54 Å². The predicted molar refractivity (Wildman–Crippen MR) is 66.1 cm³/mol. The summed E-state index contributed by atoms with van der Waals surface area (Å²) in [7, 11) is 0. The van der Waals surface area contributed by atoms with Gasteiger partial charge in [0.05, 0.1) is 6.10 Å². The van der Waals surface area contributed by atoms with Crippen LogP contribution >= 0.6 is 15.9 Å². The van der Waals surface area contributed by atoms with E-state index in [1.54, 1.807) is 6.07 Å². The zero-order valence-electron chi connectivity index (χ0n) is 8.99. The lowest BCUT2D eigenvalue weighted by molar-refractivity contribution is 0.0960. The second-order valence-electron chi connectivity index (χ2n) is 4.55. The molecule has 0 unspecified atom stereocenters. The first-order valence-corrected chi connectivity index (χ1v) is 6.26. The maximum Gasteiger partial charge on any atom is 0.121 e. The second kappa shape index (κ2) is 4.35. The number of phenols is 1. The molecule has 1 aromatic rings. The molecule has 3 nitrogen and oxygen atoms in total. The Hall–Kier alpha value is -0.580. The first-order valence-electron chi connectivity index (χ1n) is 5.47. The number of benzene rings is 1. The van der Waals surface area contributed by atoms with Crippen LogP contribution in [0.5, 0.6) is 5.75 Å². The minimum Gasteiger partial charge on any atom is -0.508 e. The van der Waals surface area contributed by atoms with E-state index in [1.165, 1.54) is 0 Å². The highest BCUT2D eigenvalue weighted by Crippen LogP contribution is 2.39. The summed E-state index contributed by atoms with van der Waals surface area (Å²) in [6.07, 6.45) is 2.58. The van der Waals surface area contributed by atoms with E-state index in [0.29, 0.717) is 25.7 Å². The lowest BCUT2D eigenvalue weighted by Crippen LogP contribution is -2.41. The monoisotopic (exact) mass is 285 g/mol. The van der Waals surface area contributed by atoms with E-state index >= 15 is 0 Å². The van der Waals surface area contributed by atoms with Crippen LogP contribution in [-0.4, -0.2) is 16.3 Å². The normalized spacial score (nSPS) is 30.3. The minimum atomic E-state index is -0.496. The van der Waals surface area contributed by atoms with Crippen LogP contribution in [0.25, 0.3) is 0 Å². The molecule has 1 saturated carbocycles. The third kappa shape index (κ3) is 2.24. The first kappa shape index (κ1) is 11.9. The molecule has 0 aliphatic heterocycles. The molecule has 1 aliphatic rings. The van der Waals surface area contributed by atoms with Gasteiger partial charge in [0.15, 0.2) is 0 Å². The summed E-state index contributed by atoms with van der Waals surface area (Å²) < 4.78 is 0.841. The third-order valence-corrected chi connectivity index (χ3v) is 3.84. The number of aliphatic hydroxyl groups excluding tert-OH is 1. The molecule has 0 radical (unpaired) electrons. The van der Waals surface area contributed by atoms with Crippen molar-refractivity contribution in [2.24, 2.45) is 5.73 Å². The number of phenolic OH excluding ortho intramolecular Hbond substituents is 1. The van der Waals surface area contributed by atoms with Gasteiger partial charge < -0.3 is 15.9 Å². The van der Waals surface area contributed by atoms with Crippen molar-refractivity contribution in [3.8, 4) is 5.75 Å². The van der Waals surface area contributed by atoms with Gasteiger partial charge in [-0.15, -0.1) is 0 Å². The van der Waals surface area contributed by atoms with Gasteiger partial charge in [0.1, 0.15) is 5.75 Å². The van der Waals surface area contributed by atoms with Gasteiger partial charge in [-0.2, -0.15) is 0 Å². The van der Waals surface area contributed by atoms with Gasteiger partial charge in [-0.1, -0.05) is 22.0 Å². The average Bonchev–Trinajstić information content (AvgIpc) is 2.22. The van der Waals surface area contributed by atoms with Gasteiger partial charge in [0.25, 0.3) is 0 Å². The summed E-state index contributed by atoms with van der Waals surface area (Å²) >= 11 is 3.31. The Kier molecular flexibility index (Phi) is 3.24. The number of hydrogen-bond acceptors (Lipinski definition) is 3. The van der Waals surface area contributed by atoms with Crippen molar-refractivity contribution in [1.82, 2.24) is 0 Å². The molecule has 1 aliphatic carbocycles. The molecule has 2 rings (SSSR count). The van der Waals surface area contributed by atoms with Crippen LogP contribution in [0.4, 0.5) is 0 Å². The van der Waals surface area contributed by atoms with E-state index in [0.717, 1.165) is 10.0 Å². The summed E-state index contributed by atoms with van der Waals surface area (Å²) in [4.78, 5) is 0. The van der Waals surface area contributed by atoms with Gasteiger partial charge in [-0.05, 0) is 37.8 Å². The van der Waals surface area contributed by atoms with Crippen LogP contribution in [0.2, 0.25) is 0 Å². The standard InChI is InChI=1S/C12H16BrNO2/c13-8-1-2-10(11(16)7-8)12(14)5-3-9(15)4-6-12/h1-2,7,9,15-16H,3-6,14H2. The largest absolute Gasteiger partial charge is 0.508 e. The third-order valence-electron chi connectivity index (χ3n) is 3.34. The van der Waals surface area contributed by atoms with Gasteiger partial charge in [0.2, 0.25) is 0 Å². The van der Waals surface area contributed by atoms with Gasteiger partial charge in [0, 0.05) is 15.6 Å². The highest BCUT2D eigenvalue weighted by Gasteiger charge is 2.34. The molecule has 0 bridgehead atoms. The van der Waals surface area contributed by atoms with Crippen LogP contribution < -0.4 is 5.73 Å². The van der Waals surface area contributed by atoms with Crippen molar-refractivity contribution in [2.45, 2.75) is 37.3 Å². The lowest BCUT2D eigenvalue weighted by atomic mass is 9.76. The number of nitrogens with two attached hydrogens (primary N) is 1. The average molecular weight is 286 g/mol. The maximum atomic E-state index is 9.90. The van der Waals surface area contributed by atoms with E-state index in [-0.39, 0.29) is 11.9 Å². The quantitative estimate of drug-likeness (QED) is 0.741. The summed E-state index contributed by atoms with van der Waals surface area (Å²) in [5, 5.41) is 19.4. The fraction of sp³-hybridized carbons (Fsp3) is 0.500. The summed E-state index contributed by atoms with van der Waals surface area (Å²) in [5.74, 6) is 0.230. The molecule has 0 aromatic heterocycles.